The van der Waals surface area contributed by atoms with Crippen molar-refractivity contribution in [2.45, 2.75) is 24.7 Å². The van der Waals surface area contributed by atoms with Crippen molar-refractivity contribution in [3.63, 3.8) is 0 Å². The van der Waals surface area contributed by atoms with Gasteiger partial charge in [0, 0.05) is 20.7 Å². The van der Waals surface area contributed by atoms with Gasteiger partial charge in [-0.15, -0.1) is 23.1 Å². The van der Waals surface area contributed by atoms with Crippen LogP contribution < -0.4 is 10.5 Å². The summed E-state index contributed by atoms with van der Waals surface area (Å²) in [5.74, 6) is 2.62. The number of nitrogens with two attached hydrogens (primary N) is 1. The third kappa shape index (κ3) is 2.65. The fraction of sp³-hybridized carbons (Fsp3) is 0.400. The fourth-order valence-corrected chi connectivity index (χ4v) is 4.49. The lowest BCUT2D eigenvalue weighted by Crippen LogP contribution is -2.11. The van der Waals surface area contributed by atoms with Gasteiger partial charge in [-0.2, -0.15) is 0 Å². The van der Waals surface area contributed by atoms with Gasteiger partial charge in [-0.1, -0.05) is 13.3 Å². The van der Waals surface area contributed by atoms with E-state index in [9.17, 15) is 0 Å². The number of nitrogens with zero attached hydrogens (tertiary/aromatic N) is 1. The molecule has 0 amide bonds. The van der Waals surface area contributed by atoms with E-state index in [1.54, 1.807) is 11.3 Å². The Morgan fingerprint density at radius 2 is 2.30 bits per heavy atom. The molecule has 1 aromatic carbocycles. The second kappa shape index (κ2) is 6.06. The van der Waals surface area contributed by atoms with Gasteiger partial charge in [-0.25, -0.2) is 0 Å². The predicted molar refractivity (Wildman–Crippen MR) is 88.5 cm³/mol. The first kappa shape index (κ1) is 13.8. The van der Waals surface area contributed by atoms with Crippen molar-refractivity contribution in [3.05, 3.63) is 23.1 Å². The Morgan fingerprint density at radius 1 is 1.40 bits per heavy atom. The largest absolute Gasteiger partial charge is 0.494 e. The quantitative estimate of drug-likeness (QED) is 0.872. The Kier molecular flexibility index (Phi) is 4.17. The molecule has 0 saturated heterocycles. The number of thiophene rings is 1. The van der Waals surface area contributed by atoms with Gasteiger partial charge in [0.15, 0.2) is 0 Å². The summed E-state index contributed by atoms with van der Waals surface area (Å²) in [5.41, 5.74) is 6.06. The number of aliphatic imine (C=N–C) groups is 1. The molecule has 0 aliphatic carbocycles. The summed E-state index contributed by atoms with van der Waals surface area (Å²) in [6, 6.07) is 6.32. The number of thioether (sulfide) groups is 1. The second-order valence-corrected chi connectivity index (χ2v) is 6.89. The first-order chi connectivity index (χ1) is 9.79. The molecule has 106 valence electrons. The van der Waals surface area contributed by atoms with E-state index in [1.807, 2.05) is 17.8 Å². The van der Waals surface area contributed by atoms with Crippen molar-refractivity contribution in [1.82, 2.24) is 0 Å². The van der Waals surface area contributed by atoms with E-state index in [4.69, 9.17) is 10.5 Å². The molecule has 2 heterocycles. The minimum atomic E-state index is 0.680. The van der Waals surface area contributed by atoms with E-state index >= 15 is 0 Å². The first-order valence-corrected chi connectivity index (χ1v) is 8.72. The highest BCUT2D eigenvalue weighted by Gasteiger charge is 2.18. The molecule has 1 aliphatic heterocycles. The average molecular weight is 306 g/mol. The maximum Gasteiger partial charge on any atom is 0.137 e. The summed E-state index contributed by atoms with van der Waals surface area (Å²) in [4.78, 5) is 6.78. The standard InChI is InChI=1S/C15H18N2OS2/c1-2-3-7-18-10-4-5-12-11(9-10)13-14(20-12)15(16)17-6-8-19-13/h4-5,9H,2-3,6-8H2,1H3,(H2,16,17). The molecule has 2 aromatic rings. The van der Waals surface area contributed by atoms with Gasteiger partial charge in [-0.3, -0.25) is 4.99 Å². The van der Waals surface area contributed by atoms with Crippen molar-refractivity contribution in [2.75, 3.05) is 18.9 Å². The molecule has 0 unspecified atom stereocenters. The van der Waals surface area contributed by atoms with Crippen LogP contribution in [0.1, 0.15) is 24.6 Å². The molecule has 3 nitrogen and oxygen atoms in total. The molecule has 1 aliphatic rings. The van der Waals surface area contributed by atoms with Gasteiger partial charge in [-0.05, 0) is 24.6 Å². The summed E-state index contributed by atoms with van der Waals surface area (Å²) in [7, 11) is 0. The number of benzene rings is 1. The summed E-state index contributed by atoms with van der Waals surface area (Å²) in [6.07, 6.45) is 2.24. The lowest BCUT2D eigenvalue weighted by Gasteiger charge is -2.05. The van der Waals surface area contributed by atoms with Crippen LogP contribution in [-0.4, -0.2) is 24.7 Å². The molecular formula is C15H18N2OS2. The van der Waals surface area contributed by atoms with Crippen molar-refractivity contribution in [1.29, 1.82) is 0 Å². The molecule has 2 N–H and O–H groups in total. The summed E-state index contributed by atoms with van der Waals surface area (Å²) in [6.45, 7) is 3.75. The van der Waals surface area contributed by atoms with E-state index in [0.717, 1.165) is 42.4 Å². The van der Waals surface area contributed by atoms with Gasteiger partial charge in [0.05, 0.1) is 18.0 Å². The Morgan fingerprint density at radius 3 is 3.15 bits per heavy atom. The number of amidine groups is 1. The van der Waals surface area contributed by atoms with E-state index in [-0.39, 0.29) is 0 Å². The topological polar surface area (TPSA) is 47.6 Å². The van der Waals surface area contributed by atoms with Crippen LogP contribution in [0, 0.1) is 0 Å². The van der Waals surface area contributed by atoms with Crippen molar-refractivity contribution in [2.24, 2.45) is 10.7 Å². The Labute approximate surface area is 127 Å². The lowest BCUT2D eigenvalue weighted by molar-refractivity contribution is 0.310. The fourth-order valence-electron chi connectivity index (χ4n) is 2.18. The monoisotopic (exact) mass is 306 g/mol. The number of hydrogen-bond acceptors (Lipinski definition) is 5. The van der Waals surface area contributed by atoms with Gasteiger partial charge < -0.3 is 10.5 Å². The normalized spacial score (nSPS) is 14.8. The molecule has 1 aromatic heterocycles. The van der Waals surface area contributed by atoms with Gasteiger partial charge in [0.25, 0.3) is 0 Å². The molecule has 0 saturated carbocycles. The maximum atomic E-state index is 6.06. The maximum absolute atomic E-state index is 6.06. The van der Waals surface area contributed by atoms with Crippen LogP contribution in [0.2, 0.25) is 0 Å². The van der Waals surface area contributed by atoms with Gasteiger partial charge in [0.1, 0.15) is 11.6 Å². The number of rotatable bonds is 4. The lowest BCUT2D eigenvalue weighted by atomic mass is 10.2. The van der Waals surface area contributed by atoms with E-state index < -0.39 is 0 Å². The number of fused-ring (bicyclic) bond motifs is 3. The van der Waals surface area contributed by atoms with Crippen LogP contribution in [0.3, 0.4) is 0 Å². The zero-order valence-electron chi connectivity index (χ0n) is 11.5. The van der Waals surface area contributed by atoms with Crippen molar-refractivity contribution in [3.8, 4) is 5.75 Å². The highest BCUT2D eigenvalue weighted by molar-refractivity contribution is 7.99. The Hall–Kier alpha value is -1.20. The third-order valence-electron chi connectivity index (χ3n) is 3.23. The SMILES string of the molecule is CCCCOc1ccc2sc3c(c2c1)SCCN=C3N. The Bertz CT molecular complexity index is 649. The van der Waals surface area contributed by atoms with Crippen LogP contribution in [0.4, 0.5) is 0 Å². The van der Waals surface area contributed by atoms with Crippen LogP contribution in [0.15, 0.2) is 28.1 Å². The minimum absolute atomic E-state index is 0.680. The summed E-state index contributed by atoms with van der Waals surface area (Å²) in [5, 5.41) is 1.25. The second-order valence-electron chi connectivity index (χ2n) is 4.74. The summed E-state index contributed by atoms with van der Waals surface area (Å²) < 4.78 is 7.06. The van der Waals surface area contributed by atoms with Crippen molar-refractivity contribution < 1.29 is 4.74 Å². The smallest absolute Gasteiger partial charge is 0.137 e. The first-order valence-electron chi connectivity index (χ1n) is 6.92. The van der Waals surface area contributed by atoms with E-state index in [0.29, 0.717) is 5.84 Å². The molecule has 20 heavy (non-hydrogen) atoms. The zero-order valence-corrected chi connectivity index (χ0v) is 13.1. The molecule has 0 fully saturated rings. The highest BCUT2D eigenvalue weighted by Crippen LogP contribution is 2.40. The van der Waals surface area contributed by atoms with Crippen LogP contribution >= 0.6 is 23.1 Å². The average Bonchev–Trinajstić information content (AvgIpc) is 2.72. The molecule has 0 radical (unpaired) electrons. The van der Waals surface area contributed by atoms with Crippen LogP contribution in [0.25, 0.3) is 10.1 Å². The highest BCUT2D eigenvalue weighted by atomic mass is 32.2. The zero-order chi connectivity index (χ0) is 13.9. The van der Waals surface area contributed by atoms with Crippen molar-refractivity contribution >= 4 is 39.0 Å². The summed E-state index contributed by atoms with van der Waals surface area (Å²) >= 11 is 3.57. The Balaban J connectivity index is 1.97. The minimum Gasteiger partial charge on any atom is -0.494 e. The molecule has 3 rings (SSSR count). The number of ether oxygens (including phenoxy) is 1. The molecule has 0 bridgehead atoms. The number of unbranched alkanes of at least 4 members (excludes halogenated alkanes) is 1. The molecule has 5 heteroatoms. The molecule has 0 atom stereocenters. The van der Waals surface area contributed by atoms with Crippen LogP contribution in [-0.2, 0) is 0 Å². The third-order valence-corrected chi connectivity index (χ3v) is 5.65. The number of hydrogen-bond donors (Lipinski definition) is 1. The van der Waals surface area contributed by atoms with Gasteiger partial charge in [0.2, 0.25) is 0 Å². The van der Waals surface area contributed by atoms with E-state index in [2.05, 4.69) is 24.0 Å². The van der Waals surface area contributed by atoms with E-state index in [1.165, 1.54) is 15.0 Å². The van der Waals surface area contributed by atoms with Gasteiger partial charge >= 0.3 is 0 Å². The molecule has 0 spiro atoms. The predicted octanol–water partition coefficient (Wildman–Crippen LogP) is 3.89. The van der Waals surface area contributed by atoms with Crippen LogP contribution in [0.5, 0.6) is 5.75 Å². The molecular weight excluding hydrogens is 288 g/mol.